The molecule has 2 aromatic carbocycles. The fourth-order valence-electron chi connectivity index (χ4n) is 3.10. The molecule has 7 heteroatoms. The van der Waals surface area contributed by atoms with Gasteiger partial charge in [0.2, 0.25) is 5.95 Å². The molecule has 0 spiro atoms. The van der Waals surface area contributed by atoms with Crippen molar-refractivity contribution < 1.29 is 4.79 Å². The van der Waals surface area contributed by atoms with Gasteiger partial charge in [0.1, 0.15) is 5.69 Å². The number of carbonyl (C=O) groups is 1. The van der Waals surface area contributed by atoms with Crippen LogP contribution in [-0.4, -0.2) is 35.0 Å². The second kappa shape index (κ2) is 8.16. The number of rotatable bonds is 5. The van der Waals surface area contributed by atoms with Crippen LogP contribution < -0.4 is 15.5 Å². The Morgan fingerprint density at radius 2 is 1.73 bits per heavy atom. The van der Waals surface area contributed by atoms with Crippen molar-refractivity contribution in [2.75, 3.05) is 29.6 Å². The highest BCUT2D eigenvalue weighted by atomic mass is 16.1. The van der Waals surface area contributed by atoms with Gasteiger partial charge in [-0.15, -0.1) is 0 Å². The second-order valence-electron chi connectivity index (χ2n) is 7.12. The summed E-state index contributed by atoms with van der Waals surface area (Å²) in [6.07, 6.45) is 1.74. The monoisotopic (exact) mass is 398 g/mol. The van der Waals surface area contributed by atoms with E-state index in [2.05, 4.69) is 25.6 Å². The highest BCUT2D eigenvalue weighted by Gasteiger charge is 2.12. The summed E-state index contributed by atoms with van der Waals surface area (Å²) in [4.78, 5) is 28.0. The lowest BCUT2D eigenvalue weighted by Gasteiger charge is -2.13. The average molecular weight is 398 g/mol. The number of nitrogens with zero attached hydrogens (tertiary/aromatic N) is 4. The highest BCUT2D eigenvalue weighted by molar-refractivity contribution is 6.03. The standard InChI is InChI=1S/C23H22N6O/c1-15-14-20(22(30)26-17-9-11-18(12-10-17)29(2)3)28-23(25-15)27-19-8-4-6-16-7-5-13-24-21(16)19/h4-14H,1-3H3,(H,26,30)(H,25,27,28). The number of pyridine rings is 1. The summed E-state index contributed by atoms with van der Waals surface area (Å²) in [6, 6.07) is 19.0. The molecule has 0 aliphatic rings. The van der Waals surface area contributed by atoms with Crippen LogP contribution in [0.4, 0.5) is 23.0 Å². The van der Waals surface area contributed by atoms with Crippen molar-refractivity contribution in [3.05, 3.63) is 78.2 Å². The van der Waals surface area contributed by atoms with E-state index in [9.17, 15) is 4.79 Å². The highest BCUT2D eigenvalue weighted by Crippen LogP contribution is 2.23. The van der Waals surface area contributed by atoms with Crippen molar-refractivity contribution in [1.82, 2.24) is 15.0 Å². The summed E-state index contributed by atoms with van der Waals surface area (Å²) >= 11 is 0. The lowest BCUT2D eigenvalue weighted by atomic mass is 10.2. The topological polar surface area (TPSA) is 83.0 Å². The summed E-state index contributed by atoms with van der Waals surface area (Å²) in [5.41, 5.74) is 4.33. The Balaban J connectivity index is 1.57. The predicted octanol–water partition coefficient (Wildman–Crippen LogP) is 4.40. The smallest absolute Gasteiger partial charge is 0.274 e. The molecule has 4 rings (SSSR count). The molecule has 7 nitrogen and oxygen atoms in total. The molecule has 150 valence electrons. The summed E-state index contributed by atoms with van der Waals surface area (Å²) < 4.78 is 0. The maximum atomic E-state index is 12.8. The van der Waals surface area contributed by atoms with Crippen molar-refractivity contribution in [3.8, 4) is 0 Å². The van der Waals surface area contributed by atoms with E-state index in [0.717, 1.165) is 22.3 Å². The van der Waals surface area contributed by atoms with Gasteiger partial charge in [0.15, 0.2) is 0 Å². The maximum Gasteiger partial charge on any atom is 0.274 e. The molecule has 1 amide bonds. The van der Waals surface area contributed by atoms with Crippen LogP contribution in [0.25, 0.3) is 10.9 Å². The first-order chi connectivity index (χ1) is 14.5. The molecule has 0 saturated heterocycles. The van der Waals surface area contributed by atoms with E-state index in [0.29, 0.717) is 17.3 Å². The third kappa shape index (κ3) is 4.20. The summed E-state index contributed by atoms with van der Waals surface area (Å²) in [5, 5.41) is 7.09. The Morgan fingerprint density at radius 1 is 0.967 bits per heavy atom. The lowest BCUT2D eigenvalue weighted by Crippen LogP contribution is -2.16. The molecule has 0 aliphatic carbocycles. The molecule has 30 heavy (non-hydrogen) atoms. The Labute approximate surface area is 174 Å². The normalized spacial score (nSPS) is 10.6. The van der Waals surface area contributed by atoms with Gasteiger partial charge in [0, 0.05) is 42.7 Å². The van der Waals surface area contributed by atoms with Crippen LogP contribution in [0.3, 0.4) is 0 Å². The molecular weight excluding hydrogens is 376 g/mol. The minimum absolute atomic E-state index is 0.287. The number of fused-ring (bicyclic) bond motifs is 1. The van der Waals surface area contributed by atoms with Gasteiger partial charge in [0.25, 0.3) is 5.91 Å². The van der Waals surface area contributed by atoms with Gasteiger partial charge in [0.05, 0.1) is 11.2 Å². The van der Waals surface area contributed by atoms with E-state index < -0.39 is 0 Å². The van der Waals surface area contributed by atoms with Crippen LogP contribution in [0.1, 0.15) is 16.2 Å². The Bertz CT molecular complexity index is 1200. The molecule has 0 unspecified atom stereocenters. The third-order valence-corrected chi connectivity index (χ3v) is 4.61. The van der Waals surface area contributed by atoms with Crippen LogP contribution in [0.15, 0.2) is 66.9 Å². The predicted molar refractivity (Wildman–Crippen MR) is 121 cm³/mol. The van der Waals surface area contributed by atoms with E-state index in [4.69, 9.17) is 0 Å². The first-order valence-electron chi connectivity index (χ1n) is 9.55. The third-order valence-electron chi connectivity index (χ3n) is 4.61. The summed E-state index contributed by atoms with van der Waals surface area (Å²) in [6.45, 7) is 1.83. The fourth-order valence-corrected chi connectivity index (χ4v) is 3.10. The van der Waals surface area contributed by atoms with Crippen molar-refractivity contribution in [2.45, 2.75) is 6.92 Å². The quantitative estimate of drug-likeness (QED) is 0.519. The number of para-hydroxylation sites is 1. The van der Waals surface area contributed by atoms with Crippen molar-refractivity contribution in [3.63, 3.8) is 0 Å². The molecule has 4 aromatic rings. The number of hydrogen-bond donors (Lipinski definition) is 2. The second-order valence-corrected chi connectivity index (χ2v) is 7.12. The SMILES string of the molecule is Cc1cc(C(=O)Nc2ccc(N(C)C)cc2)nc(Nc2cccc3cccnc23)n1. The number of hydrogen-bond acceptors (Lipinski definition) is 6. The van der Waals surface area contributed by atoms with Crippen molar-refractivity contribution in [2.24, 2.45) is 0 Å². The van der Waals surface area contributed by atoms with Gasteiger partial charge >= 0.3 is 0 Å². The Hall–Kier alpha value is -4.00. The number of nitrogens with one attached hydrogen (secondary N) is 2. The van der Waals surface area contributed by atoms with Crippen LogP contribution in [-0.2, 0) is 0 Å². The van der Waals surface area contributed by atoms with Gasteiger partial charge in [-0.05, 0) is 49.4 Å². The van der Waals surface area contributed by atoms with E-state index in [1.807, 2.05) is 80.5 Å². The Morgan fingerprint density at radius 3 is 2.50 bits per heavy atom. The van der Waals surface area contributed by atoms with Gasteiger partial charge in [-0.3, -0.25) is 9.78 Å². The number of aryl methyl sites for hydroxylation is 1. The number of anilines is 4. The van der Waals surface area contributed by atoms with E-state index >= 15 is 0 Å². The zero-order valence-corrected chi connectivity index (χ0v) is 17.0. The van der Waals surface area contributed by atoms with E-state index in [1.165, 1.54) is 0 Å². The number of benzene rings is 2. The minimum Gasteiger partial charge on any atom is -0.378 e. The molecule has 2 aromatic heterocycles. The molecule has 2 heterocycles. The van der Waals surface area contributed by atoms with Gasteiger partial charge < -0.3 is 15.5 Å². The molecule has 0 bridgehead atoms. The molecule has 2 N–H and O–H groups in total. The minimum atomic E-state index is -0.294. The number of aromatic nitrogens is 3. The van der Waals surface area contributed by atoms with Crippen LogP contribution >= 0.6 is 0 Å². The number of carbonyl (C=O) groups excluding carboxylic acids is 1. The summed E-state index contributed by atoms with van der Waals surface area (Å²) in [7, 11) is 3.94. The summed E-state index contributed by atoms with van der Waals surface area (Å²) in [5.74, 6) is 0.0541. The zero-order valence-electron chi connectivity index (χ0n) is 17.0. The lowest BCUT2D eigenvalue weighted by molar-refractivity contribution is 0.102. The molecule has 0 fully saturated rings. The molecule has 0 atom stereocenters. The van der Waals surface area contributed by atoms with Crippen LogP contribution in [0.5, 0.6) is 0 Å². The largest absolute Gasteiger partial charge is 0.378 e. The Kier molecular flexibility index (Phi) is 5.26. The zero-order chi connectivity index (χ0) is 21.1. The fraction of sp³-hybridized carbons (Fsp3) is 0.130. The molecule has 0 saturated carbocycles. The van der Waals surface area contributed by atoms with Crippen LogP contribution in [0, 0.1) is 6.92 Å². The van der Waals surface area contributed by atoms with Crippen LogP contribution in [0.2, 0.25) is 0 Å². The molecule has 0 aliphatic heterocycles. The van der Waals surface area contributed by atoms with Crippen molar-refractivity contribution >= 4 is 39.8 Å². The first kappa shape index (κ1) is 19.3. The van der Waals surface area contributed by atoms with Gasteiger partial charge in [-0.2, -0.15) is 0 Å². The van der Waals surface area contributed by atoms with Crippen molar-refractivity contribution in [1.29, 1.82) is 0 Å². The van der Waals surface area contributed by atoms with Gasteiger partial charge in [-0.1, -0.05) is 18.2 Å². The first-order valence-corrected chi connectivity index (χ1v) is 9.55. The van der Waals surface area contributed by atoms with E-state index in [1.54, 1.807) is 12.3 Å². The maximum absolute atomic E-state index is 12.8. The average Bonchev–Trinajstić information content (AvgIpc) is 2.74. The molecule has 0 radical (unpaired) electrons. The number of amides is 1. The van der Waals surface area contributed by atoms with E-state index in [-0.39, 0.29) is 11.6 Å². The molecular formula is C23H22N6O. The van der Waals surface area contributed by atoms with Gasteiger partial charge in [-0.25, -0.2) is 9.97 Å².